The number of alkyl halides is 1. The minimum absolute atomic E-state index is 0.416. The standard InChI is InChI=1S/C13H12ClN3S/c1-9-2-3-10(18-9)8-17-12-4-5-15-7-11(12)16-13(17)6-14/h2-5,7H,6,8H2,1H3. The lowest BCUT2D eigenvalue weighted by molar-refractivity contribution is 0.789. The van der Waals surface area contributed by atoms with Crippen LogP contribution < -0.4 is 0 Å². The zero-order valence-electron chi connectivity index (χ0n) is 9.93. The van der Waals surface area contributed by atoms with Gasteiger partial charge in [-0.2, -0.15) is 0 Å². The lowest BCUT2D eigenvalue weighted by Gasteiger charge is -2.05. The third-order valence-electron chi connectivity index (χ3n) is 2.86. The van der Waals surface area contributed by atoms with Gasteiger partial charge in [0.2, 0.25) is 0 Å². The number of rotatable bonds is 3. The molecule has 5 heteroatoms. The van der Waals surface area contributed by atoms with Crippen molar-refractivity contribution in [2.75, 3.05) is 0 Å². The molecule has 0 atom stereocenters. The van der Waals surface area contributed by atoms with Gasteiger partial charge in [-0.3, -0.25) is 4.98 Å². The maximum Gasteiger partial charge on any atom is 0.125 e. The highest BCUT2D eigenvalue weighted by atomic mass is 35.5. The third-order valence-corrected chi connectivity index (χ3v) is 4.08. The van der Waals surface area contributed by atoms with Crippen LogP contribution in [0.25, 0.3) is 11.0 Å². The summed E-state index contributed by atoms with van der Waals surface area (Å²) < 4.78 is 2.16. The summed E-state index contributed by atoms with van der Waals surface area (Å²) >= 11 is 7.78. The van der Waals surface area contributed by atoms with Crippen molar-refractivity contribution in [3.63, 3.8) is 0 Å². The van der Waals surface area contributed by atoms with Crippen molar-refractivity contribution in [1.82, 2.24) is 14.5 Å². The highest BCUT2D eigenvalue weighted by molar-refractivity contribution is 7.11. The molecule has 3 nitrogen and oxygen atoms in total. The van der Waals surface area contributed by atoms with Gasteiger partial charge in [0.15, 0.2) is 0 Å². The van der Waals surface area contributed by atoms with Gasteiger partial charge in [-0.05, 0) is 25.1 Å². The Morgan fingerprint density at radius 3 is 2.94 bits per heavy atom. The minimum Gasteiger partial charge on any atom is -0.322 e. The van der Waals surface area contributed by atoms with E-state index in [4.69, 9.17) is 11.6 Å². The largest absolute Gasteiger partial charge is 0.322 e. The van der Waals surface area contributed by atoms with Crippen LogP contribution in [0.3, 0.4) is 0 Å². The van der Waals surface area contributed by atoms with Crippen LogP contribution in [0.4, 0.5) is 0 Å². The van der Waals surface area contributed by atoms with Crippen molar-refractivity contribution in [3.8, 4) is 0 Å². The van der Waals surface area contributed by atoms with Crippen molar-refractivity contribution < 1.29 is 0 Å². The number of thiophene rings is 1. The van der Waals surface area contributed by atoms with Gasteiger partial charge >= 0.3 is 0 Å². The number of aryl methyl sites for hydroxylation is 1. The van der Waals surface area contributed by atoms with Gasteiger partial charge in [0, 0.05) is 16.0 Å². The molecule has 0 bridgehead atoms. The first kappa shape index (κ1) is 11.7. The van der Waals surface area contributed by atoms with Crippen molar-refractivity contribution in [2.45, 2.75) is 19.3 Å². The summed E-state index contributed by atoms with van der Waals surface area (Å²) in [6.45, 7) is 2.94. The van der Waals surface area contributed by atoms with E-state index < -0.39 is 0 Å². The van der Waals surface area contributed by atoms with E-state index in [1.165, 1.54) is 9.75 Å². The number of fused-ring (bicyclic) bond motifs is 1. The van der Waals surface area contributed by atoms with E-state index in [0.29, 0.717) is 5.88 Å². The normalized spacial score (nSPS) is 11.2. The molecule has 0 N–H and O–H groups in total. The molecule has 0 unspecified atom stereocenters. The summed E-state index contributed by atoms with van der Waals surface area (Å²) in [6, 6.07) is 6.28. The number of pyridine rings is 1. The molecule has 18 heavy (non-hydrogen) atoms. The molecule has 0 amide bonds. The lowest BCUT2D eigenvalue weighted by Crippen LogP contribution is -2.02. The maximum atomic E-state index is 5.97. The van der Waals surface area contributed by atoms with E-state index in [9.17, 15) is 0 Å². The van der Waals surface area contributed by atoms with Crippen LogP contribution >= 0.6 is 22.9 Å². The molecule has 0 spiro atoms. The Labute approximate surface area is 114 Å². The molecule has 0 radical (unpaired) electrons. The van der Waals surface area contributed by atoms with E-state index in [-0.39, 0.29) is 0 Å². The fraction of sp³-hybridized carbons (Fsp3) is 0.231. The second-order valence-corrected chi connectivity index (χ2v) is 5.76. The minimum atomic E-state index is 0.416. The van der Waals surface area contributed by atoms with E-state index in [1.807, 2.05) is 6.07 Å². The Morgan fingerprint density at radius 2 is 2.22 bits per heavy atom. The molecule has 0 saturated carbocycles. The first-order chi connectivity index (χ1) is 8.78. The zero-order valence-corrected chi connectivity index (χ0v) is 11.5. The quantitative estimate of drug-likeness (QED) is 0.685. The number of hydrogen-bond donors (Lipinski definition) is 0. The number of halogens is 1. The molecule has 3 heterocycles. The molecule has 0 saturated heterocycles. The van der Waals surface area contributed by atoms with Crippen molar-refractivity contribution in [2.24, 2.45) is 0 Å². The molecular weight excluding hydrogens is 266 g/mol. The predicted molar refractivity (Wildman–Crippen MR) is 75.2 cm³/mol. The van der Waals surface area contributed by atoms with Crippen molar-refractivity contribution >= 4 is 34.0 Å². The van der Waals surface area contributed by atoms with Crippen molar-refractivity contribution in [1.29, 1.82) is 0 Å². The lowest BCUT2D eigenvalue weighted by atomic mass is 10.4. The van der Waals surface area contributed by atoms with Gasteiger partial charge in [-0.1, -0.05) is 0 Å². The Balaban J connectivity index is 2.09. The van der Waals surface area contributed by atoms with Crippen LogP contribution in [-0.4, -0.2) is 14.5 Å². The Kier molecular flexibility index (Phi) is 3.06. The summed E-state index contributed by atoms with van der Waals surface area (Å²) in [7, 11) is 0. The van der Waals surface area contributed by atoms with Gasteiger partial charge in [-0.25, -0.2) is 4.98 Å². The van der Waals surface area contributed by atoms with Crippen LogP contribution in [-0.2, 0) is 12.4 Å². The maximum absolute atomic E-state index is 5.97. The molecule has 0 aliphatic heterocycles. The fourth-order valence-corrected chi connectivity index (χ4v) is 3.12. The number of hydrogen-bond acceptors (Lipinski definition) is 3. The fourth-order valence-electron chi connectivity index (χ4n) is 2.04. The summed E-state index contributed by atoms with van der Waals surface area (Å²) in [5.41, 5.74) is 1.99. The number of aromatic nitrogens is 3. The zero-order chi connectivity index (χ0) is 12.5. The third kappa shape index (κ3) is 2.02. The Morgan fingerprint density at radius 1 is 1.33 bits per heavy atom. The highest BCUT2D eigenvalue weighted by Crippen LogP contribution is 2.21. The van der Waals surface area contributed by atoms with Crippen molar-refractivity contribution in [3.05, 3.63) is 46.2 Å². The molecule has 0 aromatic carbocycles. The van der Waals surface area contributed by atoms with Gasteiger partial charge < -0.3 is 4.57 Å². The molecule has 0 fully saturated rings. The molecule has 0 aliphatic rings. The topological polar surface area (TPSA) is 30.7 Å². The van der Waals surface area contributed by atoms with Crippen LogP contribution in [0.15, 0.2) is 30.6 Å². The average molecular weight is 278 g/mol. The smallest absolute Gasteiger partial charge is 0.125 e. The second-order valence-electron chi connectivity index (χ2n) is 4.12. The SMILES string of the molecule is Cc1ccc(Cn2c(CCl)nc3cnccc32)s1. The summed E-state index contributed by atoms with van der Waals surface area (Å²) in [5.74, 6) is 1.31. The molecule has 92 valence electrons. The van der Waals surface area contributed by atoms with Crippen LogP contribution in [0.1, 0.15) is 15.6 Å². The van der Waals surface area contributed by atoms with E-state index in [1.54, 1.807) is 23.7 Å². The van der Waals surface area contributed by atoms with E-state index in [2.05, 4.69) is 33.6 Å². The number of imidazole rings is 1. The average Bonchev–Trinajstić information content (AvgIpc) is 2.94. The molecule has 0 aliphatic carbocycles. The first-order valence-electron chi connectivity index (χ1n) is 5.68. The summed E-state index contributed by atoms with van der Waals surface area (Å²) in [5, 5.41) is 0. The van der Waals surface area contributed by atoms with Gasteiger partial charge in [0.05, 0.1) is 24.1 Å². The van der Waals surface area contributed by atoms with E-state index in [0.717, 1.165) is 23.4 Å². The monoisotopic (exact) mass is 277 g/mol. The molecule has 3 rings (SSSR count). The summed E-state index contributed by atoms with van der Waals surface area (Å²) in [6.07, 6.45) is 3.57. The first-order valence-corrected chi connectivity index (χ1v) is 7.03. The Bertz CT molecular complexity index is 686. The van der Waals surface area contributed by atoms with Crippen LogP contribution in [0.2, 0.25) is 0 Å². The molecule has 3 aromatic rings. The Hall–Kier alpha value is -1.39. The van der Waals surface area contributed by atoms with Gasteiger partial charge in [0.25, 0.3) is 0 Å². The summed E-state index contributed by atoms with van der Waals surface area (Å²) in [4.78, 5) is 11.2. The van der Waals surface area contributed by atoms with E-state index >= 15 is 0 Å². The second kappa shape index (κ2) is 4.71. The number of nitrogens with zero attached hydrogens (tertiary/aromatic N) is 3. The highest BCUT2D eigenvalue weighted by Gasteiger charge is 2.10. The van der Waals surface area contributed by atoms with Gasteiger partial charge in [0.1, 0.15) is 11.3 Å². The van der Waals surface area contributed by atoms with Crippen LogP contribution in [0, 0.1) is 6.92 Å². The van der Waals surface area contributed by atoms with Gasteiger partial charge in [-0.15, -0.1) is 22.9 Å². The molecule has 3 aromatic heterocycles. The predicted octanol–water partition coefficient (Wildman–Crippen LogP) is 3.59. The van der Waals surface area contributed by atoms with Crippen LogP contribution in [0.5, 0.6) is 0 Å². The molecular formula is C13H12ClN3S.